The summed E-state index contributed by atoms with van der Waals surface area (Å²) in [6, 6.07) is 19.0. The Morgan fingerprint density at radius 1 is 1.17 bits per heavy atom. The summed E-state index contributed by atoms with van der Waals surface area (Å²) in [4.78, 5) is 4.50. The van der Waals surface area contributed by atoms with Crippen molar-refractivity contribution in [2.24, 2.45) is 11.8 Å². The average molecular weight is 464 g/mol. The van der Waals surface area contributed by atoms with Crippen LogP contribution in [0.3, 0.4) is 0 Å². The van der Waals surface area contributed by atoms with Crippen LogP contribution in [-0.2, 0) is 6.54 Å². The van der Waals surface area contributed by atoms with Gasteiger partial charge in [0, 0.05) is 40.4 Å². The molecule has 1 aromatic heterocycles. The van der Waals surface area contributed by atoms with E-state index in [0.29, 0.717) is 11.8 Å². The van der Waals surface area contributed by atoms with Gasteiger partial charge >= 0.3 is 0 Å². The number of aliphatic hydroxyl groups is 1. The van der Waals surface area contributed by atoms with Gasteiger partial charge in [0.25, 0.3) is 0 Å². The summed E-state index contributed by atoms with van der Waals surface area (Å²) in [6.45, 7) is 7.27. The molecule has 0 radical (unpaired) electrons. The normalized spacial score (nSPS) is 29.1. The maximum Gasteiger partial charge on any atom is 0.131 e. The molecule has 4 heteroatoms. The topological polar surface area (TPSA) is 33.1 Å². The first-order valence-corrected chi connectivity index (χ1v) is 11.6. The minimum atomic E-state index is -0.498. The van der Waals surface area contributed by atoms with Crippen LogP contribution < -0.4 is 0 Å². The van der Waals surface area contributed by atoms with Crippen LogP contribution in [0, 0.1) is 11.8 Å². The predicted octanol–water partition coefficient (Wildman–Crippen LogP) is 5.64. The molecule has 1 unspecified atom stereocenters. The number of hydrogen-bond donors (Lipinski definition) is 1. The summed E-state index contributed by atoms with van der Waals surface area (Å²) in [5.74, 6) is 1.16. The second-order valence-corrected chi connectivity index (χ2v) is 9.94. The van der Waals surface area contributed by atoms with E-state index in [9.17, 15) is 5.11 Å². The van der Waals surface area contributed by atoms with Crippen molar-refractivity contribution in [1.82, 2.24) is 4.98 Å². The maximum atomic E-state index is 11.7. The molecular weight excluding hydrogens is 436 g/mol. The van der Waals surface area contributed by atoms with E-state index in [0.717, 1.165) is 51.5 Å². The molecule has 6 rings (SSSR count). The van der Waals surface area contributed by atoms with E-state index >= 15 is 0 Å². The SMILES string of the molecule is C=C[C@H]1C[N+]2(Cc3ccc(Br)cc3)CC[C@H]1C[C@@H]2[C@@H](O)c1ccnc2ccccc12. The van der Waals surface area contributed by atoms with Gasteiger partial charge in [0.15, 0.2) is 0 Å². The number of piperidine rings is 3. The Hall–Kier alpha value is -2.01. The van der Waals surface area contributed by atoms with E-state index in [1.165, 1.54) is 12.0 Å². The zero-order chi connectivity index (χ0) is 20.7. The van der Waals surface area contributed by atoms with Crippen molar-refractivity contribution < 1.29 is 9.59 Å². The highest BCUT2D eigenvalue weighted by molar-refractivity contribution is 9.10. The number of quaternary nitrogens is 1. The van der Waals surface area contributed by atoms with E-state index in [4.69, 9.17) is 0 Å². The van der Waals surface area contributed by atoms with Crippen LogP contribution in [0.15, 0.2) is 77.9 Å². The van der Waals surface area contributed by atoms with Crippen molar-refractivity contribution in [3.05, 3.63) is 89.0 Å². The van der Waals surface area contributed by atoms with Crippen LogP contribution in [0.25, 0.3) is 10.9 Å². The van der Waals surface area contributed by atoms with E-state index in [1.54, 1.807) is 0 Å². The second kappa shape index (κ2) is 7.92. The lowest BCUT2D eigenvalue weighted by Crippen LogP contribution is -2.67. The van der Waals surface area contributed by atoms with Crippen LogP contribution >= 0.6 is 15.9 Å². The molecule has 5 atom stereocenters. The van der Waals surface area contributed by atoms with Gasteiger partial charge in [0.05, 0.1) is 18.6 Å². The largest absolute Gasteiger partial charge is 0.382 e. The Bertz CT molecular complexity index is 1060. The Labute approximate surface area is 186 Å². The summed E-state index contributed by atoms with van der Waals surface area (Å²) in [6.07, 6.45) is 5.76. The fraction of sp³-hybridized carbons (Fsp3) is 0.346. The Morgan fingerprint density at radius 3 is 2.77 bits per heavy atom. The molecular formula is C26H28BrN2O+. The smallest absolute Gasteiger partial charge is 0.131 e. The van der Waals surface area contributed by atoms with Gasteiger partial charge in [0.2, 0.25) is 0 Å². The summed E-state index contributed by atoms with van der Waals surface area (Å²) >= 11 is 3.55. The number of aromatic nitrogens is 1. The third-order valence-corrected chi connectivity index (χ3v) is 7.98. The first kappa shape index (κ1) is 19.9. The summed E-state index contributed by atoms with van der Waals surface area (Å²) in [7, 11) is 0. The summed E-state index contributed by atoms with van der Waals surface area (Å²) < 4.78 is 2.04. The number of halogens is 1. The molecule has 3 nitrogen and oxygen atoms in total. The number of benzene rings is 2. The van der Waals surface area contributed by atoms with Gasteiger partial charge in [-0.1, -0.05) is 52.3 Å². The highest BCUT2D eigenvalue weighted by atomic mass is 79.9. The van der Waals surface area contributed by atoms with Crippen LogP contribution in [0.4, 0.5) is 0 Å². The molecule has 2 aromatic carbocycles. The van der Waals surface area contributed by atoms with Crippen LogP contribution in [-0.4, -0.2) is 33.7 Å². The molecule has 0 aliphatic carbocycles. The molecule has 0 spiro atoms. The molecule has 0 amide bonds. The Balaban J connectivity index is 1.55. The Morgan fingerprint density at radius 2 is 1.97 bits per heavy atom. The maximum absolute atomic E-state index is 11.7. The van der Waals surface area contributed by atoms with Crippen molar-refractivity contribution in [3.8, 4) is 0 Å². The quantitative estimate of drug-likeness (QED) is 0.392. The van der Waals surface area contributed by atoms with Crippen LogP contribution in [0.5, 0.6) is 0 Å². The van der Waals surface area contributed by atoms with Crippen molar-refractivity contribution in [2.45, 2.75) is 31.5 Å². The molecule has 3 saturated heterocycles. The fourth-order valence-electron chi connectivity index (χ4n) is 5.92. The molecule has 3 aromatic rings. The van der Waals surface area contributed by atoms with Crippen molar-refractivity contribution >= 4 is 26.8 Å². The van der Waals surface area contributed by atoms with Gasteiger partial charge in [-0.05, 0) is 35.7 Å². The molecule has 1 N–H and O–H groups in total. The number of rotatable bonds is 5. The molecule has 2 bridgehead atoms. The highest BCUT2D eigenvalue weighted by Crippen LogP contribution is 2.48. The standard InChI is InChI=1S/C26H28BrN2O/c1-2-19-17-29(16-18-7-9-21(27)10-8-18)14-12-20(19)15-25(29)26(30)23-11-13-28-24-6-4-3-5-22(23)24/h2-11,13,19-20,25-26,30H,1,12,14-17H2/q+1/t19-,20-,25+,26-,29?/m0/s1. The number of para-hydroxylation sites is 1. The molecule has 3 fully saturated rings. The van der Waals surface area contributed by atoms with E-state index in [1.807, 2.05) is 30.5 Å². The van der Waals surface area contributed by atoms with E-state index in [2.05, 4.69) is 63.9 Å². The average Bonchev–Trinajstić information content (AvgIpc) is 2.79. The molecule has 30 heavy (non-hydrogen) atoms. The van der Waals surface area contributed by atoms with Gasteiger partial charge in [0.1, 0.15) is 18.7 Å². The second-order valence-electron chi connectivity index (χ2n) is 9.02. The first-order chi connectivity index (χ1) is 14.6. The van der Waals surface area contributed by atoms with E-state index < -0.39 is 6.10 Å². The fourth-order valence-corrected chi connectivity index (χ4v) is 6.18. The lowest BCUT2D eigenvalue weighted by atomic mass is 9.71. The number of aliphatic hydroxyl groups excluding tert-OH is 1. The van der Waals surface area contributed by atoms with Crippen LogP contribution in [0.1, 0.15) is 30.1 Å². The number of fused-ring (bicyclic) bond motifs is 4. The van der Waals surface area contributed by atoms with Gasteiger partial charge in [-0.2, -0.15) is 0 Å². The lowest BCUT2D eigenvalue weighted by Gasteiger charge is -2.58. The minimum Gasteiger partial charge on any atom is -0.382 e. The molecule has 3 aliphatic heterocycles. The highest BCUT2D eigenvalue weighted by Gasteiger charge is 2.53. The monoisotopic (exact) mass is 463 g/mol. The van der Waals surface area contributed by atoms with Gasteiger partial charge in [-0.15, -0.1) is 6.58 Å². The molecule has 154 valence electrons. The van der Waals surface area contributed by atoms with Crippen LogP contribution in [0.2, 0.25) is 0 Å². The van der Waals surface area contributed by atoms with Crippen molar-refractivity contribution in [2.75, 3.05) is 13.1 Å². The minimum absolute atomic E-state index is 0.189. The summed E-state index contributed by atoms with van der Waals surface area (Å²) in [5.41, 5.74) is 3.30. The Kier molecular flexibility index (Phi) is 5.26. The van der Waals surface area contributed by atoms with Gasteiger partial charge in [-0.25, -0.2) is 0 Å². The summed E-state index contributed by atoms with van der Waals surface area (Å²) in [5, 5.41) is 12.8. The zero-order valence-corrected chi connectivity index (χ0v) is 18.7. The lowest BCUT2D eigenvalue weighted by molar-refractivity contribution is -0.984. The zero-order valence-electron chi connectivity index (χ0n) is 17.1. The van der Waals surface area contributed by atoms with Gasteiger partial charge < -0.3 is 9.59 Å². The third kappa shape index (κ3) is 3.41. The van der Waals surface area contributed by atoms with Gasteiger partial charge in [-0.3, -0.25) is 4.98 Å². The number of hydrogen-bond acceptors (Lipinski definition) is 2. The molecule has 3 aliphatic rings. The third-order valence-electron chi connectivity index (χ3n) is 7.45. The van der Waals surface area contributed by atoms with E-state index in [-0.39, 0.29) is 6.04 Å². The molecule has 0 saturated carbocycles. The van der Waals surface area contributed by atoms with Crippen molar-refractivity contribution in [1.29, 1.82) is 0 Å². The predicted molar refractivity (Wildman–Crippen MR) is 125 cm³/mol. The first-order valence-electron chi connectivity index (χ1n) is 10.8. The number of nitrogens with zero attached hydrogens (tertiary/aromatic N) is 2. The number of pyridine rings is 1. The van der Waals surface area contributed by atoms with Crippen molar-refractivity contribution in [3.63, 3.8) is 0 Å². The molecule has 4 heterocycles.